The molecule has 0 saturated heterocycles. The van der Waals surface area contributed by atoms with Gasteiger partial charge in [-0.3, -0.25) is 4.98 Å². The summed E-state index contributed by atoms with van der Waals surface area (Å²) in [5.74, 6) is 1.19. The van der Waals surface area contributed by atoms with Gasteiger partial charge in [-0.25, -0.2) is 0 Å². The van der Waals surface area contributed by atoms with E-state index in [1.165, 1.54) is 0 Å². The molecule has 0 unspecified atom stereocenters. The van der Waals surface area contributed by atoms with E-state index < -0.39 is 0 Å². The zero-order chi connectivity index (χ0) is 14.4. The van der Waals surface area contributed by atoms with Gasteiger partial charge < -0.3 is 15.1 Å². The highest BCUT2D eigenvalue weighted by molar-refractivity contribution is 5.20. The Morgan fingerprint density at radius 1 is 1.20 bits per heavy atom. The van der Waals surface area contributed by atoms with Crippen molar-refractivity contribution in [3.05, 3.63) is 35.5 Å². The van der Waals surface area contributed by atoms with Gasteiger partial charge in [-0.15, -0.1) is 5.10 Å². The third-order valence-electron chi connectivity index (χ3n) is 2.66. The third-order valence-corrected chi connectivity index (χ3v) is 2.66. The Kier molecular flexibility index (Phi) is 5.06. The van der Waals surface area contributed by atoms with Gasteiger partial charge in [0.2, 0.25) is 5.89 Å². The standard InChI is InChI=1S/C14H21N5O/c1-10(2)7-15-9-13-18-19-14(20-13)16-8-12-6-4-5-11(3)17-12/h4-6,10,15H,7-9H2,1-3H3,(H,16,19). The minimum atomic E-state index is 0.426. The van der Waals surface area contributed by atoms with Crippen LogP contribution in [0.1, 0.15) is 31.1 Å². The Labute approximate surface area is 119 Å². The van der Waals surface area contributed by atoms with Crippen LogP contribution in [0.3, 0.4) is 0 Å². The molecule has 2 heterocycles. The second kappa shape index (κ2) is 7.00. The van der Waals surface area contributed by atoms with Crippen molar-refractivity contribution in [1.29, 1.82) is 0 Å². The van der Waals surface area contributed by atoms with Crippen molar-refractivity contribution >= 4 is 6.01 Å². The fourth-order valence-corrected chi connectivity index (χ4v) is 1.73. The minimum absolute atomic E-state index is 0.426. The lowest BCUT2D eigenvalue weighted by atomic mass is 10.2. The summed E-state index contributed by atoms with van der Waals surface area (Å²) in [4.78, 5) is 4.40. The smallest absolute Gasteiger partial charge is 0.315 e. The van der Waals surface area contributed by atoms with Crippen molar-refractivity contribution < 1.29 is 4.42 Å². The summed E-state index contributed by atoms with van der Waals surface area (Å²) in [6.45, 7) is 8.37. The molecule has 0 radical (unpaired) electrons. The molecule has 6 nitrogen and oxygen atoms in total. The monoisotopic (exact) mass is 275 g/mol. The molecule has 2 rings (SSSR count). The van der Waals surface area contributed by atoms with E-state index in [0.717, 1.165) is 17.9 Å². The maximum absolute atomic E-state index is 5.49. The Morgan fingerprint density at radius 2 is 2.05 bits per heavy atom. The Hall–Kier alpha value is -1.95. The lowest BCUT2D eigenvalue weighted by Crippen LogP contribution is -2.19. The first kappa shape index (κ1) is 14.5. The Bertz CT molecular complexity index is 538. The van der Waals surface area contributed by atoms with Gasteiger partial charge in [0.1, 0.15) is 0 Å². The van der Waals surface area contributed by atoms with E-state index in [9.17, 15) is 0 Å². The number of anilines is 1. The van der Waals surface area contributed by atoms with Crippen LogP contribution in [0.2, 0.25) is 0 Å². The number of aryl methyl sites for hydroxylation is 1. The molecule has 108 valence electrons. The molecule has 0 aromatic carbocycles. The van der Waals surface area contributed by atoms with Crippen LogP contribution in [-0.4, -0.2) is 21.7 Å². The molecule has 0 spiro atoms. The lowest BCUT2D eigenvalue weighted by Gasteiger charge is -2.04. The molecule has 6 heteroatoms. The largest absolute Gasteiger partial charge is 0.407 e. The number of aromatic nitrogens is 3. The average Bonchev–Trinajstić information content (AvgIpc) is 2.84. The quantitative estimate of drug-likeness (QED) is 0.806. The summed E-state index contributed by atoms with van der Waals surface area (Å²) < 4.78 is 5.49. The lowest BCUT2D eigenvalue weighted by molar-refractivity contribution is 0.458. The molecule has 0 aliphatic heterocycles. The molecular weight excluding hydrogens is 254 g/mol. The fourth-order valence-electron chi connectivity index (χ4n) is 1.73. The SMILES string of the molecule is Cc1cccc(CNc2nnc(CNCC(C)C)o2)n1. The first-order valence-corrected chi connectivity index (χ1v) is 6.83. The summed E-state index contributed by atoms with van der Waals surface area (Å²) in [6.07, 6.45) is 0. The molecule has 0 amide bonds. The van der Waals surface area contributed by atoms with Crippen LogP contribution in [-0.2, 0) is 13.1 Å². The number of nitrogens with one attached hydrogen (secondary N) is 2. The van der Waals surface area contributed by atoms with Gasteiger partial charge in [0, 0.05) is 5.69 Å². The maximum Gasteiger partial charge on any atom is 0.315 e. The molecule has 0 atom stereocenters. The van der Waals surface area contributed by atoms with Crippen molar-refractivity contribution in [2.75, 3.05) is 11.9 Å². The van der Waals surface area contributed by atoms with Gasteiger partial charge in [-0.1, -0.05) is 25.0 Å². The van der Waals surface area contributed by atoms with Crippen LogP contribution in [0.5, 0.6) is 0 Å². The fraction of sp³-hybridized carbons (Fsp3) is 0.500. The summed E-state index contributed by atoms with van der Waals surface area (Å²) in [6, 6.07) is 6.33. The molecular formula is C14H21N5O. The van der Waals surface area contributed by atoms with E-state index in [1.54, 1.807) is 0 Å². The van der Waals surface area contributed by atoms with Gasteiger partial charge in [0.05, 0.1) is 18.8 Å². The van der Waals surface area contributed by atoms with E-state index in [0.29, 0.717) is 30.9 Å². The van der Waals surface area contributed by atoms with E-state index in [-0.39, 0.29) is 0 Å². The summed E-state index contributed by atoms with van der Waals surface area (Å²) in [5, 5.41) is 14.3. The summed E-state index contributed by atoms with van der Waals surface area (Å²) in [5.41, 5.74) is 1.94. The summed E-state index contributed by atoms with van der Waals surface area (Å²) in [7, 11) is 0. The van der Waals surface area contributed by atoms with Crippen molar-refractivity contribution in [3.8, 4) is 0 Å². The molecule has 0 bridgehead atoms. The number of rotatable bonds is 7. The zero-order valence-electron chi connectivity index (χ0n) is 12.2. The van der Waals surface area contributed by atoms with Crippen LogP contribution in [0.25, 0.3) is 0 Å². The van der Waals surface area contributed by atoms with Gasteiger partial charge >= 0.3 is 6.01 Å². The second-order valence-corrected chi connectivity index (χ2v) is 5.15. The highest BCUT2D eigenvalue weighted by atomic mass is 16.4. The molecule has 0 aliphatic carbocycles. The van der Waals surface area contributed by atoms with Crippen LogP contribution in [0.15, 0.2) is 22.6 Å². The van der Waals surface area contributed by atoms with Crippen molar-refractivity contribution in [1.82, 2.24) is 20.5 Å². The number of nitrogens with zero attached hydrogens (tertiary/aromatic N) is 3. The van der Waals surface area contributed by atoms with Crippen LogP contribution in [0.4, 0.5) is 6.01 Å². The van der Waals surface area contributed by atoms with Gasteiger partial charge in [0.25, 0.3) is 0 Å². The van der Waals surface area contributed by atoms with E-state index in [1.807, 2.05) is 25.1 Å². The van der Waals surface area contributed by atoms with E-state index in [2.05, 4.69) is 39.7 Å². The van der Waals surface area contributed by atoms with Crippen molar-refractivity contribution in [2.45, 2.75) is 33.9 Å². The Morgan fingerprint density at radius 3 is 2.80 bits per heavy atom. The molecule has 0 fully saturated rings. The number of hydrogen-bond acceptors (Lipinski definition) is 6. The highest BCUT2D eigenvalue weighted by Crippen LogP contribution is 2.07. The molecule has 2 aromatic heterocycles. The molecule has 2 aromatic rings. The first-order valence-electron chi connectivity index (χ1n) is 6.83. The Balaban J connectivity index is 1.80. The second-order valence-electron chi connectivity index (χ2n) is 5.15. The van der Waals surface area contributed by atoms with Gasteiger partial charge in [0.15, 0.2) is 0 Å². The number of hydrogen-bond donors (Lipinski definition) is 2. The van der Waals surface area contributed by atoms with Crippen molar-refractivity contribution in [2.24, 2.45) is 5.92 Å². The summed E-state index contributed by atoms with van der Waals surface area (Å²) >= 11 is 0. The highest BCUT2D eigenvalue weighted by Gasteiger charge is 2.06. The molecule has 20 heavy (non-hydrogen) atoms. The van der Waals surface area contributed by atoms with Crippen LogP contribution in [0, 0.1) is 12.8 Å². The minimum Gasteiger partial charge on any atom is -0.407 e. The molecule has 0 aliphatic rings. The topological polar surface area (TPSA) is 75.9 Å². The van der Waals surface area contributed by atoms with Crippen LogP contribution < -0.4 is 10.6 Å². The molecule has 0 saturated carbocycles. The van der Waals surface area contributed by atoms with Gasteiger partial charge in [-0.2, -0.15) is 0 Å². The van der Waals surface area contributed by atoms with E-state index in [4.69, 9.17) is 4.42 Å². The normalized spacial score (nSPS) is 11.0. The maximum atomic E-state index is 5.49. The van der Waals surface area contributed by atoms with Gasteiger partial charge in [-0.05, 0) is 31.5 Å². The van der Waals surface area contributed by atoms with E-state index >= 15 is 0 Å². The average molecular weight is 275 g/mol. The third kappa shape index (κ3) is 4.62. The predicted octanol–water partition coefficient (Wildman–Crippen LogP) is 2.13. The van der Waals surface area contributed by atoms with Crippen LogP contribution >= 0.6 is 0 Å². The zero-order valence-corrected chi connectivity index (χ0v) is 12.2. The predicted molar refractivity (Wildman–Crippen MR) is 77.1 cm³/mol. The molecule has 2 N–H and O–H groups in total. The van der Waals surface area contributed by atoms with Crippen molar-refractivity contribution in [3.63, 3.8) is 0 Å². The number of pyridine rings is 1. The first-order chi connectivity index (χ1) is 9.63.